The van der Waals surface area contributed by atoms with Crippen LogP contribution in [0.2, 0.25) is 0 Å². The summed E-state index contributed by atoms with van der Waals surface area (Å²) in [6.07, 6.45) is 2.99. The van der Waals surface area contributed by atoms with Crippen molar-refractivity contribution in [2.45, 2.75) is 19.8 Å². The van der Waals surface area contributed by atoms with Crippen molar-refractivity contribution < 1.29 is 14.3 Å². The molecule has 2 aromatic heterocycles. The molecule has 3 heterocycles. The maximum absolute atomic E-state index is 12.8. The lowest BCUT2D eigenvalue weighted by Crippen LogP contribution is -2.49. The van der Waals surface area contributed by atoms with Crippen LogP contribution in [0.5, 0.6) is 11.5 Å². The smallest absolute Gasteiger partial charge is 0.227 e. The Balaban J connectivity index is 1.41. The fourth-order valence-electron chi connectivity index (χ4n) is 3.76. The van der Waals surface area contributed by atoms with Gasteiger partial charge in [-0.25, -0.2) is 9.97 Å². The van der Waals surface area contributed by atoms with E-state index in [0.29, 0.717) is 31.0 Å². The predicted octanol–water partition coefficient (Wildman–Crippen LogP) is 3.16. The van der Waals surface area contributed by atoms with Gasteiger partial charge in [-0.3, -0.25) is 4.79 Å². The zero-order valence-electron chi connectivity index (χ0n) is 17.6. The number of hydrogen-bond donors (Lipinski definition) is 0. The van der Waals surface area contributed by atoms with E-state index in [1.807, 2.05) is 23.1 Å². The van der Waals surface area contributed by atoms with Crippen LogP contribution in [0.15, 0.2) is 30.6 Å². The highest BCUT2D eigenvalue weighted by atomic mass is 32.1. The summed E-state index contributed by atoms with van der Waals surface area (Å²) in [6.45, 7) is 5.05. The van der Waals surface area contributed by atoms with Crippen molar-refractivity contribution in [1.82, 2.24) is 14.9 Å². The Kier molecular flexibility index (Phi) is 6.03. The van der Waals surface area contributed by atoms with Crippen LogP contribution in [0.1, 0.15) is 17.4 Å². The van der Waals surface area contributed by atoms with Crippen LogP contribution >= 0.6 is 11.3 Å². The number of thiophene rings is 1. The molecule has 0 saturated carbocycles. The molecule has 0 aliphatic carbocycles. The molecular weight excluding hydrogens is 400 g/mol. The topological polar surface area (TPSA) is 67.8 Å². The molecule has 1 aromatic carbocycles. The Labute approximate surface area is 180 Å². The number of ether oxygens (including phenoxy) is 2. The predicted molar refractivity (Wildman–Crippen MR) is 119 cm³/mol. The second kappa shape index (κ2) is 8.87. The molecule has 0 atom stereocenters. The van der Waals surface area contributed by atoms with Crippen LogP contribution in [0, 0.1) is 0 Å². The molecule has 1 fully saturated rings. The van der Waals surface area contributed by atoms with Crippen molar-refractivity contribution in [3.05, 3.63) is 41.0 Å². The number of amides is 1. The van der Waals surface area contributed by atoms with Crippen LogP contribution in [0.3, 0.4) is 0 Å². The van der Waals surface area contributed by atoms with Gasteiger partial charge in [0.05, 0.1) is 26.0 Å². The van der Waals surface area contributed by atoms with E-state index in [1.165, 1.54) is 4.88 Å². The molecule has 1 aliphatic heterocycles. The van der Waals surface area contributed by atoms with Gasteiger partial charge in [0.2, 0.25) is 5.91 Å². The number of nitrogens with zero attached hydrogens (tertiary/aromatic N) is 4. The molecular formula is C22H26N4O3S. The molecule has 8 heteroatoms. The van der Waals surface area contributed by atoms with Crippen molar-refractivity contribution in [2.24, 2.45) is 0 Å². The summed E-state index contributed by atoms with van der Waals surface area (Å²) < 4.78 is 10.6. The summed E-state index contributed by atoms with van der Waals surface area (Å²) in [5.41, 5.74) is 0.919. The number of rotatable bonds is 6. The molecule has 0 spiro atoms. The minimum absolute atomic E-state index is 0.124. The first-order valence-electron chi connectivity index (χ1n) is 10.1. The summed E-state index contributed by atoms with van der Waals surface area (Å²) in [6, 6.07) is 7.82. The van der Waals surface area contributed by atoms with E-state index in [2.05, 4.69) is 27.9 Å². The summed E-state index contributed by atoms with van der Waals surface area (Å²) in [7, 11) is 3.20. The lowest BCUT2D eigenvalue weighted by molar-refractivity contribution is -0.130. The normalized spacial score (nSPS) is 14.2. The van der Waals surface area contributed by atoms with E-state index in [9.17, 15) is 4.79 Å². The number of benzene rings is 1. The summed E-state index contributed by atoms with van der Waals surface area (Å²) in [5.74, 6) is 2.40. The van der Waals surface area contributed by atoms with E-state index in [1.54, 1.807) is 31.9 Å². The fourth-order valence-corrected chi connectivity index (χ4v) is 4.69. The molecule has 0 radical (unpaired) electrons. The second-order valence-corrected chi connectivity index (χ2v) is 8.33. The van der Waals surface area contributed by atoms with Gasteiger partial charge in [-0.2, -0.15) is 0 Å². The van der Waals surface area contributed by atoms with Crippen molar-refractivity contribution in [1.29, 1.82) is 0 Å². The summed E-state index contributed by atoms with van der Waals surface area (Å²) in [4.78, 5) is 28.3. The number of hydrogen-bond acceptors (Lipinski definition) is 7. The zero-order valence-corrected chi connectivity index (χ0v) is 18.4. The van der Waals surface area contributed by atoms with Gasteiger partial charge in [-0.15, -0.1) is 11.3 Å². The van der Waals surface area contributed by atoms with Gasteiger partial charge in [0, 0.05) is 31.1 Å². The number of aromatic nitrogens is 2. The van der Waals surface area contributed by atoms with E-state index >= 15 is 0 Å². The summed E-state index contributed by atoms with van der Waals surface area (Å²) in [5, 5.41) is 1.12. The van der Waals surface area contributed by atoms with Gasteiger partial charge in [-0.1, -0.05) is 13.0 Å². The minimum atomic E-state index is 0.124. The van der Waals surface area contributed by atoms with Crippen LogP contribution in [-0.4, -0.2) is 61.2 Å². The number of anilines is 1. The molecule has 1 saturated heterocycles. The maximum Gasteiger partial charge on any atom is 0.227 e. The Hall–Kier alpha value is -2.87. The molecule has 158 valence electrons. The number of aryl methyl sites for hydroxylation is 1. The first kappa shape index (κ1) is 20.4. The Bertz CT molecular complexity index is 1040. The van der Waals surface area contributed by atoms with Crippen molar-refractivity contribution >= 4 is 33.3 Å². The molecule has 1 aliphatic rings. The standard InChI is InChI=1S/C22H26N4O3S/c1-4-16-13-17-21(23-14-24-22(17)30-16)26-9-7-25(8-10-26)20(27)12-15-5-6-18(28-2)19(11-15)29-3/h5-6,11,13-14H,4,7-10,12H2,1-3H3. The molecule has 4 rings (SSSR count). The first-order chi connectivity index (χ1) is 14.6. The Morgan fingerprint density at radius 2 is 1.83 bits per heavy atom. The van der Waals surface area contributed by atoms with Crippen molar-refractivity contribution in [3.8, 4) is 11.5 Å². The lowest BCUT2D eigenvalue weighted by atomic mass is 10.1. The van der Waals surface area contributed by atoms with E-state index in [0.717, 1.165) is 41.1 Å². The molecule has 0 bridgehead atoms. The molecule has 0 N–H and O–H groups in total. The van der Waals surface area contributed by atoms with E-state index in [4.69, 9.17) is 9.47 Å². The number of methoxy groups -OCH3 is 2. The third kappa shape index (κ3) is 4.05. The van der Waals surface area contributed by atoms with Crippen LogP contribution < -0.4 is 14.4 Å². The highest BCUT2D eigenvalue weighted by Gasteiger charge is 2.24. The minimum Gasteiger partial charge on any atom is -0.493 e. The average Bonchev–Trinajstić information content (AvgIpc) is 3.22. The van der Waals surface area contributed by atoms with Gasteiger partial charge in [0.15, 0.2) is 11.5 Å². The number of carbonyl (C=O) groups is 1. The Morgan fingerprint density at radius 1 is 1.07 bits per heavy atom. The van der Waals surface area contributed by atoms with Crippen LogP contribution in [-0.2, 0) is 17.6 Å². The van der Waals surface area contributed by atoms with Crippen LogP contribution in [0.4, 0.5) is 5.82 Å². The summed E-state index contributed by atoms with van der Waals surface area (Å²) >= 11 is 1.73. The quantitative estimate of drug-likeness (QED) is 0.603. The fraction of sp³-hybridized carbons (Fsp3) is 0.409. The maximum atomic E-state index is 12.8. The number of carbonyl (C=O) groups excluding carboxylic acids is 1. The second-order valence-electron chi connectivity index (χ2n) is 7.22. The lowest BCUT2D eigenvalue weighted by Gasteiger charge is -2.35. The third-order valence-corrected chi connectivity index (χ3v) is 6.63. The molecule has 3 aromatic rings. The van der Waals surface area contributed by atoms with E-state index in [-0.39, 0.29) is 5.91 Å². The highest BCUT2D eigenvalue weighted by molar-refractivity contribution is 7.18. The largest absolute Gasteiger partial charge is 0.493 e. The molecule has 30 heavy (non-hydrogen) atoms. The monoisotopic (exact) mass is 426 g/mol. The molecule has 1 amide bonds. The van der Waals surface area contributed by atoms with E-state index < -0.39 is 0 Å². The SMILES string of the molecule is CCc1cc2c(N3CCN(C(=O)Cc4ccc(OC)c(OC)c4)CC3)ncnc2s1. The Morgan fingerprint density at radius 3 is 2.53 bits per heavy atom. The molecule has 7 nitrogen and oxygen atoms in total. The average molecular weight is 427 g/mol. The van der Waals surface area contributed by atoms with Gasteiger partial charge in [0.25, 0.3) is 0 Å². The zero-order chi connectivity index (χ0) is 21.1. The van der Waals surface area contributed by atoms with Crippen molar-refractivity contribution in [3.63, 3.8) is 0 Å². The highest BCUT2D eigenvalue weighted by Crippen LogP contribution is 2.31. The number of piperazine rings is 1. The van der Waals surface area contributed by atoms with Gasteiger partial charge in [-0.05, 0) is 30.2 Å². The molecule has 0 unspecified atom stereocenters. The van der Waals surface area contributed by atoms with Gasteiger partial charge in [0.1, 0.15) is 17.0 Å². The van der Waals surface area contributed by atoms with Crippen molar-refractivity contribution in [2.75, 3.05) is 45.3 Å². The third-order valence-electron chi connectivity index (χ3n) is 5.44. The van der Waals surface area contributed by atoms with Gasteiger partial charge < -0.3 is 19.3 Å². The number of fused-ring (bicyclic) bond motifs is 1. The van der Waals surface area contributed by atoms with Gasteiger partial charge >= 0.3 is 0 Å². The first-order valence-corrected chi connectivity index (χ1v) is 10.9. The van der Waals surface area contributed by atoms with Crippen LogP contribution in [0.25, 0.3) is 10.2 Å².